The Kier molecular flexibility index (Phi) is 3.46. The molecule has 0 atom stereocenters. The van der Waals surface area contributed by atoms with Crippen molar-refractivity contribution >= 4 is 33.4 Å². The first-order chi connectivity index (χ1) is 9.66. The van der Waals surface area contributed by atoms with Crippen LogP contribution in [0.2, 0.25) is 5.02 Å². The number of halogens is 2. The van der Waals surface area contributed by atoms with E-state index in [-0.39, 0.29) is 5.88 Å². The molecule has 3 rings (SSSR count). The second-order valence-electron chi connectivity index (χ2n) is 4.14. The first kappa shape index (κ1) is 13.1. The van der Waals surface area contributed by atoms with Crippen molar-refractivity contribution in [3.63, 3.8) is 0 Å². The molecule has 100 valence electrons. The van der Waals surface area contributed by atoms with Crippen LogP contribution in [0.5, 0.6) is 0 Å². The molecule has 20 heavy (non-hydrogen) atoms. The molecule has 0 spiro atoms. The molecule has 2 aromatic heterocycles. The molecule has 0 amide bonds. The number of aromatic nitrogens is 2. The van der Waals surface area contributed by atoms with Crippen LogP contribution in [-0.2, 0) is 0 Å². The van der Waals surface area contributed by atoms with Gasteiger partial charge in [-0.15, -0.1) is 0 Å². The number of pyridine rings is 1. The van der Waals surface area contributed by atoms with E-state index in [9.17, 15) is 0 Å². The number of rotatable bonds is 2. The van der Waals surface area contributed by atoms with Crippen molar-refractivity contribution in [3.8, 4) is 22.4 Å². The van der Waals surface area contributed by atoms with Gasteiger partial charge in [-0.2, -0.15) is 0 Å². The molecule has 4 nitrogen and oxygen atoms in total. The van der Waals surface area contributed by atoms with Gasteiger partial charge in [-0.05, 0) is 24.3 Å². The number of nitrogens with zero attached hydrogens (tertiary/aromatic N) is 2. The zero-order valence-corrected chi connectivity index (χ0v) is 12.5. The van der Waals surface area contributed by atoms with Crippen molar-refractivity contribution in [2.75, 3.05) is 5.73 Å². The number of hydrogen-bond donors (Lipinski definition) is 1. The summed E-state index contributed by atoms with van der Waals surface area (Å²) < 4.78 is 6.02. The van der Waals surface area contributed by atoms with Crippen LogP contribution in [-0.4, -0.2) is 10.1 Å². The second-order valence-corrected chi connectivity index (χ2v) is 5.46. The average molecular weight is 351 g/mol. The van der Waals surface area contributed by atoms with E-state index in [0.29, 0.717) is 16.3 Å². The molecule has 0 bridgehead atoms. The smallest absolute Gasteiger partial charge is 0.230 e. The summed E-state index contributed by atoms with van der Waals surface area (Å²) in [6.07, 6.45) is 3.40. The van der Waals surface area contributed by atoms with Crippen molar-refractivity contribution in [2.45, 2.75) is 0 Å². The minimum Gasteiger partial charge on any atom is -0.367 e. The van der Waals surface area contributed by atoms with E-state index in [1.165, 1.54) is 0 Å². The molecule has 2 N–H and O–H groups in total. The van der Waals surface area contributed by atoms with Gasteiger partial charge in [0.1, 0.15) is 5.69 Å². The molecule has 0 aliphatic heterocycles. The quantitative estimate of drug-likeness (QED) is 0.744. The Morgan fingerprint density at radius 1 is 1.25 bits per heavy atom. The highest BCUT2D eigenvalue weighted by Gasteiger charge is 2.19. The maximum Gasteiger partial charge on any atom is 0.230 e. The Hall–Kier alpha value is -1.85. The molecule has 1 aromatic carbocycles. The fourth-order valence-electron chi connectivity index (χ4n) is 1.96. The zero-order valence-electron chi connectivity index (χ0n) is 10.2. The summed E-state index contributed by atoms with van der Waals surface area (Å²) >= 11 is 9.66. The normalized spacial score (nSPS) is 10.7. The van der Waals surface area contributed by atoms with Gasteiger partial charge in [0.05, 0.1) is 10.6 Å². The predicted octanol–water partition coefficient (Wildman–Crippen LogP) is 4.40. The van der Waals surface area contributed by atoms with Gasteiger partial charge < -0.3 is 10.3 Å². The second kappa shape index (κ2) is 5.26. The molecule has 0 saturated carbocycles. The van der Waals surface area contributed by atoms with Gasteiger partial charge in [-0.25, -0.2) is 0 Å². The van der Waals surface area contributed by atoms with Gasteiger partial charge in [0.15, 0.2) is 0 Å². The van der Waals surface area contributed by atoms with E-state index in [0.717, 1.165) is 15.6 Å². The Balaban J connectivity index is 2.24. The Bertz CT molecular complexity index is 758. The third-order valence-electron chi connectivity index (χ3n) is 2.85. The fraction of sp³-hybridized carbons (Fsp3) is 0. The number of nitrogens with two attached hydrogens (primary N) is 1. The molecule has 0 saturated heterocycles. The summed E-state index contributed by atoms with van der Waals surface area (Å²) in [7, 11) is 0. The average Bonchev–Trinajstić information content (AvgIpc) is 2.84. The fourth-order valence-corrected chi connectivity index (χ4v) is 2.52. The summed E-state index contributed by atoms with van der Waals surface area (Å²) in [5.41, 5.74) is 8.76. The maximum absolute atomic E-state index is 6.24. The maximum atomic E-state index is 6.24. The lowest BCUT2D eigenvalue weighted by Gasteiger charge is -2.05. The highest BCUT2D eigenvalue weighted by Crippen LogP contribution is 2.39. The van der Waals surface area contributed by atoms with E-state index < -0.39 is 0 Å². The molecule has 0 aliphatic rings. The Labute approximate surface area is 128 Å². The van der Waals surface area contributed by atoms with Crippen LogP contribution >= 0.6 is 27.5 Å². The number of benzene rings is 1. The van der Waals surface area contributed by atoms with Gasteiger partial charge in [0.2, 0.25) is 5.88 Å². The first-order valence-electron chi connectivity index (χ1n) is 5.78. The van der Waals surface area contributed by atoms with Crippen molar-refractivity contribution < 1.29 is 4.52 Å². The van der Waals surface area contributed by atoms with Crippen LogP contribution in [0.15, 0.2) is 51.7 Å². The lowest BCUT2D eigenvalue weighted by atomic mass is 10.0. The first-order valence-corrected chi connectivity index (χ1v) is 6.95. The molecule has 3 aromatic rings. The monoisotopic (exact) mass is 349 g/mol. The van der Waals surface area contributed by atoms with Crippen LogP contribution < -0.4 is 5.73 Å². The summed E-state index contributed by atoms with van der Waals surface area (Å²) in [5, 5.41) is 4.61. The molecular weight excluding hydrogens is 342 g/mol. The minimum absolute atomic E-state index is 0.240. The van der Waals surface area contributed by atoms with Crippen molar-refractivity contribution in [1.82, 2.24) is 10.1 Å². The lowest BCUT2D eigenvalue weighted by molar-refractivity contribution is 0.439. The highest BCUT2D eigenvalue weighted by atomic mass is 79.9. The molecule has 2 heterocycles. The van der Waals surface area contributed by atoms with Crippen molar-refractivity contribution in [2.24, 2.45) is 0 Å². The summed E-state index contributed by atoms with van der Waals surface area (Å²) in [6, 6.07) is 9.25. The SMILES string of the molecule is Nc1onc(-c2cc(Br)ccc2Cl)c1-c1cccnc1. The minimum atomic E-state index is 0.240. The molecular formula is C14H9BrClN3O. The molecule has 6 heteroatoms. The molecule has 0 aliphatic carbocycles. The van der Waals surface area contributed by atoms with Gasteiger partial charge in [0, 0.05) is 28.0 Å². The molecule has 0 fully saturated rings. The van der Waals surface area contributed by atoms with Gasteiger partial charge in [-0.1, -0.05) is 38.8 Å². The van der Waals surface area contributed by atoms with Crippen molar-refractivity contribution in [3.05, 3.63) is 52.2 Å². The Morgan fingerprint density at radius 2 is 2.10 bits per heavy atom. The molecule has 0 radical (unpaired) electrons. The number of anilines is 1. The largest absolute Gasteiger partial charge is 0.367 e. The van der Waals surface area contributed by atoms with E-state index in [4.69, 9.17) is 21.9 Å². The lowest BCUT2D eigenvalue weighted by Crippen LogP contribution is -1.89. The zero-order chi connectivity index (χ0) is 14.1. The van der Waals surface area contributed by atoms with E-state index in [2.05, 4.69) is 26.1 Å². The standard InChI is InChI=1S/C14H9BrClN3O/c15-9-3-4-11(16)10(6-9)13-12(14(17)20-19-13)8-2-1-5-18-7-8/h1-7H,17H2. The van der Waals surface area contributed by atoms with Gasteiger partial charge >= 0.3 is 0 Å². The Morgan fingerprint density at radius 3 is 2.85 bits per heavy atom. The summed E-state index contributed by atoms with van der Waals surface area (Å²) in [5.74, 6) is 0.240. The summed E-state index contributed by atoms with van der Waals surface area (Å²) in [4.78, 5) is 4.09. The highest BCUT2D eigenvalue weighted by molar-refractivity contribution is 9.10. The topological polar surface area (TPSA) is 64.9 Å². The number of hydrogen-bond acceptors (Lipinski definition) is 4. The van der Waals surface area contributed by atoms with E-state index >= 15 is 0 Å². The van der Waals surface area contributed by atoms with Crippen molar-refractivity contribution in [1.29, 1.82) is 0 Å². The van der Waals surface area contributed by atoms with Crippen LogP contribution in [0.4, 0.5) is 5.88 Å². The van der Waals surface area contributed by atoms with E-state index in [1.807, 2.05) is 24.3 Å². The van der Waals surface area contributed by atoms with Crippen LogP contribution in [0.1, 0.15) is 0 Å². The van der Waals surface area contributed by atoms with Gasteiger partial charge in [0.25, 0.3) is 0 Å². The van der Waals surface area contributed by atoms with Gasteiger partial charge in [-0.3, -0.25) is 4.98 Å². The number of nitrogen functional groups attached to an aromatic ring is 1. The third kappa shape index (κ3) is 2.30. The predicted molar refractivity (Wildman–Crippen MR) is 82.3 cm³/mol. The van der Waals surface area contributed by atoms with Crippen LogP contribution in [0.25, 0.3) is 22.4 Å². The van der Waals surface area contributed by atoms with Crippen LogP contribution in [0, 0.1) is 0 Å². The third-order valence-corrected chi connectivity index (χ3v) is 3.68. The molecule has 0 unspecified atom stereocenters. The van der Waals surface area contributed by atoms with E-state index in [1.54, 1.807) is 18.5 Å². The van der Waals surface area contributed by atoms with Crippen LogP contribution in [0.3, 0.4) is 0 Å². The summed E-state index contributed by atoms with van der Waals surface area (Å²) in [6.45, 7) is 0.